The Balaban J connectivity index is 2.81. The lowest BCUT2D eigenvalue weighted by molar-refractivity contribution is -0.115. The van der Waals surface area contributed by atoms with Crippen molar-refractivity contribution in [3.05, 3.63) is 23.9 Å². The van der Waals surface area contributed by atoms with Gasteiger partial charge in [0.05, 0.1) is 5.70 Å². The third kappa shape index (κ3) is 3.05. The number of carbonyl (C=O) groups excluding carboxylic acids is 2. The molecule has 0 aromatic carbocycles. The fourth-order valence-electron chi connectivity index (χ4n) is 1.64. The lowest BCUT2D eigenvalue weighted by Crippen LogP contribution is -2.30. The van der Waals surface area contributed by atoms with E-state index < -0.39 is 0 Å². The molecule has 0 amide bonds. The number of rotatable bonds is 5. The van der Waals surface area contributed by atoms with E-state index in [0.717, 1.165) is 25.9 Å². The molecule has 0 heterocycles. The molecule has 0 saturated carbocycles. The Morgan fingerprint density at radius 2 is 1.67 bits per heavy atom. The predicted octanol–water partition coefficient (Wildman–Crippen LogP) is 1.70. The molecule has 3 nitrogen and oxygen atoms in total. The minimum absolute atomic E-state index is 0.0588. The summed E-state index contributed by atoms with van der Waals surface area (Å²) in [4.78, 5) is 24.8. The standard InChI is InChI=1S/C12H17NO2/c1-3-7-13(8-4-2)11-9-10(14)5-6-12(11)15/h5-6,9H,3-4,7-8H2,1-2H3. The van der Waals surface area contributed by atoms with Crippen LogP contribution in [0.3, 0.4) is 0 Å². The fraction of sp³-hybridized carbons (Fsp3) is 0.500. The molecular formula is C12H17NO2. The highest BCUT2D eigenvalue weighted by molar-refractivity contribution is 6.16. The minimum atomic E-state index is -0.0955. The van der Waals surface area contributed by atoms with Crippen LogP contribution in [0.4, 0.5) is 0 Å². The molecule has 0 radical (unpaired) electrons. The zero-order valence-corrected chi connectivity index (χ0v) is 9.32. The van der Waals surface area contributed by atoms with Gasteiger partial charge in [0.1, 0.15) is 0 Å². The van der Waals surface area contributed by atoms with Crippen LogP contribution in [0.25, 0.3) is 0 Å². The molecule has 1 aliphatic rings. The second-order valence-corrected chi connectivity index (χ2v) is 3.62. The van der Waals surface area contributed by atoms with Gasteiger partial charge in [-0.05, 0) is 25.0 Å². The van der Waals surface area contributed by atoms with Crippen LogP contribution < -0.4 is 0 Å². The highest BCUT2D eigenvalue weighted by atomic mass is 16.1. The maximum Gasteiger partial charge on any atom is 0.202 e. The number of hydrogen-bond donors (Lipinski definition) is 0. The Morgan fingerprint density at radius 1 is 1.07 bits per heavy atom. The molecule has 0 unspecified atom stereocenters. The molecule has 1 aliphatic carbocycles. The molecule has 3 heteroatoms. The van der Waals surface area contributed by atoms with Crippen molar-refractivity contribution in [2.45, 2.75) is 26.7 Å². The van der Waals surface area contributed by atoms with E-state index in [1.807, 2.05) is 4.90 Å². The smallest absolute Gasteiger partial charge is 0.202 e. The second-order valence-electron chi connectivity index (χ2n) is 3.62. The number of allylic oxidation sites excluding steroid dienone is 3. The van der Waals surface area contributed by atoms with Crippen LogP contribution in [0.1, 0.15) is 26.7 Å². The van der Waals surface area contributed by atoms with Crippen molar-refractivity contribution in [3.63, 3.8) is 0 Å². The van der Waals surface area contributed by atoms with E-state index in [1.165, 1.54) is 18.2 Å². The molecular weight excluding hydrogens is 190 g/mol. The molecule has 82 valence electrons. The minimum Gasteiger partial charge on any atom is -0.368 e. The van der Waals surface area contributed by atoms with E-state index in [-0.39, 0.29) is 11.6 Å². The monoisotopic (exact) mass is 207 g/mol. The van der Waals surface area contributed by atoms with E-state index in [9.17, 15) is 9.59 Å². The molecule has 0 aromatic rings. The summed E-state index contributed by atoms with van der Waals surface area (Å²) in [7, 11) is 0. The summed E-state index contributed by atoms with van der Waals surface area (Å²) < 4.78 is 0. The summed E-state index contributed by atoms with van der Waals surface area (Å²) in [5, 5.41) is 0. The highest BCUT2D eigenvalue weighted by Gasteiger charge is 2.18. The van der Waals surface area contributed by atoms with E-state index in [0.29, 0.717) is 5.70 Å². The molecule has 0 spiro atoms. The topological polar surface area (TPSA) is 37.4 Å². The Bertz CT molecular complexity index is 310. The summed E-state index contributed by atoms with van der Waals surface area (Å²) in [5.74, 6) is -0.154. The average molecular weight is 207 g/mol. The maximum absolute atomic E-state index is 11.6. The normalized spacial score (nSPS) is 15.5. The molecule has 1 rings (SSSR count). The number of carbonyl (C=O) groups is 2. The first-order chi connectivity index (χ1) is 7.19. The predicted molar refractivity (Wildman–Crippen MR) is 59.4 cm³/mol. The van der Waals surface area contributed by atoms with Crippen molar-refractivity contribution in [1.82, 2.24) is 4.90 Å². The molecule has 0 N–H and O–H groups in total. The van der Waals surface area contributed by atoms with E-state index in [2.05, 4.69) is 13.8 Å². The van der Waals surface area contributed by atoms with Crippen molar-refractivity contribution in [1.29, 1.82) is 0 Å². The lowest BCUT2D eigenvalue weighted by Gasteiger charge is -2.25. The van der Waals surface area contributed by atoms with E-state index in [4.69, 9.17) is 0 Å². The van der Waals surface area contributed by atoms with Crippen LogP contribution >= 0.6 is 0 Å². The van der Waals surface area contributed by atoms with Gasteiger partial charge in [0.2, 0.25) is 5.78 Å². The van der Waals surface area contributed by atoms with Crippen molar-refractivity contribution in [2.75, 3.05) is 13.1 Å². The van der Waals surface area contributed by atoms with Crippen molar-refractivity contribution in [3.8, 4) is 0 Å². The molecule has 15 heavy (non-hydrogen) atoms. The van der Waals surface area contributed by atoms with Crippen LogP contribution in [0.5, 0.6) is 0 Å². The van der Waals surface area contributed by atoms with Crippen LogP contribution in [-0.4, -0.2) is 29.6 Å². The third-order valence-corrected chi connectivity index (χ3v) is 2.26. The van der Waals surface area contributed by atoms with Crippen LogP contribution in [0.15, 0.2) is 23.9 Å². The van der Waals surface area contributed by atoms with Gasteiger partial charge < -0.3 is 4.90 Å². The first kappa shape index (κ1) is 11.7. The van der Waals surface area contributed by atoms with Crippen LogP contribution in [0.2, 0.25) is 0 Å². The largest absolute Gasteiger partial charge is 0.368 e. The third-order valence-electron chi connectivity index (χ3n) is 2.26. The first-order valence-electron chi connectivity index (χ1n) is 5.42. The van der Waals surface area contributed by atoms with Crippen molar-refractivity contribution in [2.24, 2.45) is 0 Å². The molecule has 0 aromatic heterocycles. The lowest BCUT2D eigenvalue weighted by atomic mass is 10.1. The van der Waals surface area contributed by atoms with Crippen molar-refractivity contribution >= 4 is 11.6 Å². The van der Waals surface area contributed by atoms with Gasteiger partial charge in [-0.2, -0.15) is 0 Å². The van der Waals surface area contributed by atoms with Gasteiger partial charge in [0, 0.05) is 19.2 Å². The molecule has 0 bridgehead atoms. The highest BCUT2D eigenvalue weighted by Crippen LogP contribution is 2.12. The molecule has 0 saturated heterocycles. The fourth-order valence-corrected chi connectivity index (χ4v) is 1.64. The Morgan fingerprint density at radius 3 is 2.20 bits per heavy atom. The summed E-state index contributed by atoms with van der Waals surface area (Å²) in [6.07, 6.45) is 6.07. The van der Waals surface area contributed by atoms with Crippen molar-refractivity contribution < 1.29 is 9.59 Å². The van der Waals surface area contributed by atoms with Crippen LogP contribution in [0, 0.1) is 0 Å². The first-order valence-corrected chi connectivity index (χ1v) is 5.42. The van der Waals surface area contributed by atoms with Gasteiger partial charge in [0.15, 0.2) is 5.78 Å². The van der Waals surface area contributed by atoms with Gasteiger partial charge >= 0.3 is 0 Å². The summed E-state index contributed by atoms with van der Waals surface area (Å²) in [5.41, 5.74) is 0.547. The number of nitrogens with zero attached hydrogens (tertiary/aromatic N) is 1. The number of ketones is 2. The van der Waals surface area contributed by atoms with E-state index in [1.54, 1.807) is 0 Å². The number of hydrogen-bond acceptors (Lipinski definition) is 3. The zero-order valence-electron chi connectivity index (χ0n) is 9.32. The van der Waals surface area contributed by atoms with Gasteiger partial charge in [-0.3, -0.25) is 9.59 Å². The molecule has 0 fully saturated rings. The second kappa shape index (κ2) is 5.49. The summed E-state index contributed by atoms with van der Waals surface area (Å²) >= 11 is 0. The summed E-state index contributed by atoms with van der Waals surface area (Å²) in [6.45, 7) is 5.78. The Kier molecular flexibility index (Phi) is 4.28. The average Bonchev–Trinajstić information content (AvgIpc) is 2.21. The van der Waals surface area contributed by atoms with Gasteiger partial charge in [-0.1, -0.05) is 13.8 Å². The quantitative estimate of drug-likeness (QED) is 0.644. The van der Waals surface area contributed by atoms with Crippen LogP contribution in [-0.2, 0) is 9.59 Å². The van der Waals surface area contributed by atoms with Gasteiger partial charge in [-0.25, -0.2) is 0 Å². The van der Waals surface area contributed by atoms with Gasteiger partial charge in [0.25, 0.3) is 0 Å². The Hall–Kier alpha value is -1.38. The van der Waals surface area contributed by atoms with Gasteiger partial charge in [-0.15, -0.1) is 0 Å². The SMILES string of the molecule is CCCN(CCC)C1=CC(=O)C=CC1=O. The zero-order chi connectivity index (χ0) is 11.3. The molecule has 0 atom stereocenters. The molecule has 0 aliphatic heterocycles. The maximum atomic E-state index is 11.6. The Labute approximate surface area is 90.5 Å². The van der Waals surface area contributed by atoms with E-state index >= 15 is 0 Å². The summed E-state index contributed by atoms with van der Waals surface area (Å²) in [6, 6.07) is 0.